The molecule has 8 rings (SSSR count). The molecule has 8 aromatic rings. The number of benzene rings is 4. The van der Waals surface area contributed by atoms with Crippen molar-refractivity contribution in [2.24, 2.45) is 7.05 Å². The highest BCUT2D eigenvalue weighted by atomic mass is 32.1. The minimum Gasteiger partial charge on any atom is -0.327 e. The van der Waals surface area contributed by atoms with Gasteiger partial charge in [0.25, 0.3) is 0 Å². The number of hydrogen-bond acceptors (Lipinski definition) is 3. The Labute approximate surface area is 235 Å². The third-order valence-corrected chi connectivity index (χ3v) is 8.60. The Bertz CT molecular complexity index is 2170. The lowest BCUT2D eigenvalue weighted by Crippen LogP contribution is -1.96. The normalized spacial score (nSPS) is 11.6. The minimum absolute atomic E-state index is 0.958. The summed E-state index contributed by atoms with van der Waals surface area (Å²) in [5.74, 6) is 0.958. The number of pyridine rings is 1. The summed E-state index contributed by atoms with van der Waals surface area (Å²) in [6, 6.07) is 40.8. The largest absolute Gasteiger partial charge is 0.327 e. The standard InChI is InChI=1S/C35H24N4S/c1-38-32-17-15-24(34-13-7-19-40-34)21-30(32)37-35(38)25-14-16-28-27-10-2-3-12-31(27)39(33(28)22-25)26-9-6-8-23(20-26)29-11-4-5-18-36-29/h2-22H,1H3. The third-order valence-electron chi connectivity index (χ3n) is 7.68. The molecule has 0 amide bonds. The number of hydrogen-bond donors (Lipinski definition) is 0. The number of para-hydroxylation sites is 1. The number of aromatic nitrogens is 4. The molecule has 0 N–H and O–H groups in total. The summed E-state index contributed by atoms with van der Waals surface area (Å²) in [6.07, 6.45) is 1.84. The Hall–Kier alpha value is -5.00. The molecule has 0 aliphatic carbocycles. The van der Waals surface area contributed by atoms with E-state index >= 15 is 0 Å². The van der Waals surface area contributed by atoms with Gasteiger partial charge in [-0.05, 0) is 65.5 Å². The SMILES string of the molecule is Cn1c(-c2ccc3c4ccccc4n(-c4cccc(-c5ccccn5)c4)c3c2)nc2cc(-c3cccs3)ccc21. The summed E-state index contributed by atoms with van der Waals surface area (Å²) in [5, 5.41) is 4.57. The van der Waals surface area contributed by atoms with Crippen molar-refractivity contribution < 1.29 is 0 Å². The molecule has 0 bridgehead atoms. The van der Waals surface area contributed by atoms with E-state index in [9.17, 15) is 0 Å². The highest BCUT2D eigenvalue weighted by Crippen LogP contribution is 2.36. The maximum Gasteiger partial charge on any atom is 0.140 e. The van der Waals surface area contributed by atoms with Crippen molar-refractivity contribution in [2.75, 3.05) is 0 Å². The summed E-state index contributed by atoms with van der Waals surface area (Å²) in [6.45, 7) is 0. The second-order valence-corrected chi connectivity index (χ2v) is 11.0. The second-order valence-electron chi connectivity index (χ2n) is 10.0. The predicted molar refractivity (Wildman–Crippen MR) is 167 cm³/mol. The van der Waals surface area contributed by atoms with Crippen LogP contribution >= 0.6 is 11.3 Å². The second kappa shape index (κ2) is 9.04. The van der Waals surface area contributed by atoms with Crippen LogP contribution in [0.1, 0.15) is 0 Å². The van der Waals surface area contributed by atoms with Gasteiger partial charge in [0.1, 0.15) is 5.82 Å². The first-order valence-corrected chi connectivity index (χ1v) is 14.2. The zero-order valence-corrected chi connectivity index (χ0v) is 22.6. The zero-order chi connectivity index (χ0) is 26.6. The molecule has 190 valence electrons. The van der Waals surface area contributed by atoms with E-state index < -0.39 is 0 Å². The van der Waals surface area contributed by atoms with E-state index in [4.69, 9.17) is 4.98 Å². The van der Waals surface area contributed by atoms with E-state index in [-0.39, 0.29) is 0 Å². The number of nitrogens with zero attached hydrogens (tertiary/aromatic N) is 4. The molecule has 0 radical (unpaired) electrons. The smallest absolute Gasteiger partial charge is 0.140 e. The van der Waals surface area contributed by atoms with Crippen LogP contribution in [0.5, 0.6) is 0 Å². The first-order valence-electron chi connectivity index (χ1n) is 13.3. The van der Waals surface area contributed by atoms with Crippen LogP contribution in [0.15, 0.2) is 127 Å². The van der Waals surface area contributed by atoms with Crippen LogP contribution in [0.2, 0.25) is 0 Å². The number of fused-ring (bicyclic) bond motifs is 4. The lowest BCUT2D eigenvalue weighted by atomic mass is 10.1. The third kappa shape index (κ3) is 3.59. The van der Waals surface area contributed by atoms with Crippen molar-refractivity contribution >= 4 is 44.2 Å². The van der Waals surface area contributed by atoms with Gasteiger partial charge in [-0.1, -0.05) is 60.7 Å². The highest BCUT2D eigenvalue weighted by Gasteiger charge is 2.17. The van der Waals surface area contributed by atoms with E-state index in [1.807, 2.05) is 18.3 Å². The van der Waals surface area contributed by atoms with Gasteiger partial charge in [-0.2, -0.15) is 0 Å². The average molecular weight is 533 g/mol. The van der Waals surface area contributed by atoms with Crippen molar-refractivity contribution in [2.45, 2.75) is 0 Å². The van der Waals surface area contributed by atoms with Crippen molar-refractivity contribution in [3.63, 3.8) is 0 Å². The van der Waals surface area contributed by atoms with Crippen molar-refractivity contribution in [3.05, 3.63) is 127 Å². The number of thiophene rings is 1. The Morgan fingerprint density at radius 3 is 2.38 bits per heavy atom. The average Bonchev–Trinajstić information content (AvgIpc) is 3.74. The quantitative estimate of drug-likeness (QED) is 0.227. The van der Waals surface area contributed by atoms with Crippen LogP contribution in [0.25, 0.3) is 71.6 Å². The number of imidazole rings is 1. The van der Waals surface area contributed by atoms with Gasteiger partial charge in [-0.15, -0.1) is 11.3 Å². The van der Waals surface area contributed by atoms with Gasteiger partial charge in [0.15, 0.2) is 0 Å². The van der Waals surface area contributed by atoms with E-state index in [0.717, 1.165) is 44.9 Å². The molecule has 0 aliphatic heterocycles. The molecule has 0 fully saturated rings. The van der Waals surface area contributed by atoms with Crippen molar-refractivity contribution in [3.8, 4) is 38.8 Å². The molecule has 5 heteroatoms. The molecule has 40 heavy (non-hydrogen) atoms. The van der Waals surface area contributed by atoms with E-state index in [2.05, 4.69) is 130 Å². The van der Waals surface area contributed by atoms with Crippen molar-refractivity contribution in [1.82, 2.24) is 19.1 Å². The highest BCUT2D eigenvalue weighted by molar-refractivity contribution is 7.13. The maximum absolute atomic E-state index is 5.12. The minimum atomic E-state index is 0.958. The zero-order valence-electron chi connectivity index (χ0n) is 21.8. The topological polar surface area (TPSA) is 35.6 Å². The van der Waals surface area contributed by atoms with E-state index in [0.29, 0.717) is 0 Å². The first-order chi connectivity index (χ1) is 19.7. The fourth-order valence-corrected chi connectivity index (χ4v) is 6.50. The van der Waals surface area contributed by atoms with Gasteiger partial charge in [0, 0.05) is 45.7 Å². The summed E-state index contributed by atoms with van der Waals surface area (Å²) in [5.41, 5.74) is 9.93. The van der Waals surface area contributed by atoms with Crippen LogP contribution in [-0.4, -0.2) is 19.1 Å². The van der Waals surface area contributed by atoms with Crippen LogP contribution in [0.3, 0.4) is 0 Å². The van der Waals surface area contributed by atoms with Crippen LogP contribution in [0.4, 0.5) is 0 Å². The summed E-state index contributed by atoms with van der Waals surface area (Å²) < 4.78 is 4.56. The van der Waals surface area contributed by atoms with Crippen LogP contribution in [0, 0.1) is 0 Å². The fraction of sp³-hybridized carbons (Fsp3) is 0.0286. The molecule has 4 nitrogen and oxygen atoms in total. The Morgan fingerprint density at radius 2 is 1.50 bits per heavy atom. The molecule has 4 aromatic heterocycles. The van der Waals surface area contributed by atoms with Gasteiger partial charge in [-0.3, -0.25) is 4.98 Å². The van der Waals surface area contributed by atoms with Crippen molar-refractivity contribution in [1.29, 1.82) is 0 Å². The fourth-order valence-electron chi connectivity index (χ4n) is 5.78. The Morgan fingerprint density at radius 1 is 0.625 bits per heavy atom. The molecule has 4 heterocycles. The van der Waals surface area contributed by atoms with Gasteiger partial charge in [-0.25, -0.2) is 4.98 Å². The summed E-state index contributed by atoms with van der Waals surface area (Å²) >= 11 is 1.75. The molecule has 0 saturated carbocycles. The Kier molecular flexibility index (Phi) is 5.18. The number of aryl methyl sites for hydroxylation is 1. The van der Waals surface area contributed by atoms with E-state index in [1.165, 1.54) is 26.7 Å². The molecular formula is C35H24N4S. The summed E-state index contributed by atoms with van der Waals surface area (Å²) in [4.78, 5) is 11.0. The lowest BCUT2D eigenvalue weighted by molar-refractivity contribution is 0.959. The van der Waals surface area contributed by atoms with Gasteiger partial charge in [0.2, 0.25) is 0 Å². The molecule has 0 saturated heterocycles. The van der Waals surface area contributed by atoms with Gasteiger partial charge < -0.3 is 9.13 Å². The molecule has 4 aromatic carbocycles. The lowest BCUT2D eigenvalue weighted by Gasteiger charge is -2.11. The first kappa shape index (κ1) is 22.9. The Balaban J connectivity index is 1.33. The monoisotopic (exact) mass is 532 g/mol. The van der Waals surface area contributed by atoms with Gasteiger partial charge >= 0.3 is 0 Å². The summed E-state index contributed by atoms with van der Waals surface area (Å²) in [7, 11) is 2.10. The van der Waals surface area contributed by atoms with Gasteiger partial charge in [0.05, 0.1) is 27.8 Å². The van der Waals surface area contributed by atoms with E-state index in [1.54, 1.807) is 11.3 Å². The molecule has 0 aliphatic rings. The molecule has 0 spiro atoms. The predicted octanol–water partition coefficient (Wildman–Crippen LogP) is 9.13. The maximum atomic E-state index is 5.12. The van der Waals surface area contributed by atoms with Crippen LogP contribution in [-0.2, 0) is 7.05 Å². The molecule has 0 unspecified atom stereocenters. The van der Waals surface area contributed by atoms with Crippen LogP contribution < -0.4 is 0 Å². The molecular weight excluding hydrogens is 508 g/mol. The number of rotatable bonds is 4. The molecule has 0 atom stereocenters.